The van der Waals surface area contributed by atoms with Gasteiger partial charge in [-0.3, -0.25) is 10.1 Å². The van der Waals surface area contributed by atoms with Gasteiger partial charge in [0.15, 0.2) is 5.13 Å². The van der Waals surface area contributed by atoms with Crippen molar-refractivity contribution < 1.29 is 17.9 Å². The van der Waals surface area contributed by atoms with Gasteiger partial charge in [0.25, 0.3) is 5.91 Å². The van der Waals surface area contributed by atoms with Crippen molar-refractivity contribution in [1.82, 2.24) is 9.29 Å². The Morgan fingerprint density at radius 1 is 1.12 bits per heavy atom. The highest BCUT2D eigenvalue weighted by Gasteiger charge is 2.27. The fourth-order valence-corrected chi connectivity index (χ4v) is 5.80. The molecule has 1 aromatic heterocycles. The molecule has 1 amide bonds. The van der Waals surface area contributed by atoms with Crippen molar-refractivity contribution in [3.63, 3.8) is 0 Å². The number of rotatable bonds is 6. The van der Waals surface area contributed by atoms with Crippen molar-refractivity contribution in [3.05, 3.63) is 74.7 Å². The molecule has 1 N–H and O–H groups in total. The van der Waals surface area contributed by atoms with E-state index in [1.54, 1.807) is 6.20 Å². The van der Waals surface area contributed by atoms with Crippen LogP contribution in [0.4, 0.5) is 5.13 Å². The average molecular weight is 512 g/mol. The minimum Gasteiger partial charge on any atom is -0.379 e. The fourth-order valence-electron chi connectivity index (χ4n) is 3.19. The lowest BCUT2D eigenvalue weighted by atomic mass is 10.1. The largest absolute Gasteiger partial charge is 0.379 e. The predicted octanol–water partition coefficient (Wildman–Crippen LogP) is 4.31. The number of thiazole rings is 1. The van der Waals surface area contributed by atoms with Crippen molar-refractivity contribution in [3.8, 4) is 0 Å². The molecule has 7 nitrogen and oxygen atoms in total. The molecule has 1 fully saturated rings. The van der Waals surface area contributed by atoms with Gasteiger partial charge >= 0.3 is 0 Å². The van der Waals surface area contributed by atoms with Gasteiger partial charge in [0.05, 0.1) is 28.7 Å². The van der Waals surface area contributed by atoms with E-state index < -0.39 is 15.9 Å². The second-order valence-electron chi connectivity index (χ2n) is 7.05. The van der Waals surface area contributed by atoms with Crippen LogP contribution in [0.15, 0.2) is 53.6 Å². The molecule has 0 radical (unpaired) electrons. The average Bonchev–Trinajstić information content (AvgIpc) is 3.22. The van der Waals surface area contributed by atoms with Crippen molar-refractivity contribution >= 4 is 55.6 Å². The van der Waals surface area contributed by atoms with Gasteiger partial charge in [0.2, 0.25) is 10.0 Å². The topological polar surface area (TPSA) is 88.6 Å². The Labute approximate surface area is 200 Å². The molecule has 0 saturated carbocycles. The third-order valence-electron chi connectivity index (χ3n) is 4.86. The number of halogens is 2. The van der Waals surface area contributed by atoms with Crippen LogP contribution >= 0.6 is 34.5 Å². The third kappa shape index (κ3) is 5.31. The van der Waals surface area contributed by atoms with E-state index in [2.05, 4.69) is 10.3 Å². The van der Waals surface area contributed by atoms with Crippen LogP contribution in [0.2, 0.25) is 10.0 Å². The summed E-state index contributed by atoms with van der Waals surface area (Å²) in [6.07, 6.45) is 2.34. The number of morpholine rings is 1. The van der Waals surface area contributed by atoms with E-state index in [1.165, 1.54) is 33.8 Å². The molecule has 168 valence electrons. The molecule has 2 aromatic carbocycles. The lowest BCUT2D eigenvalue weighted by molar-refractivity contribution is 0.0730. The van der Waals surface area contributed by atoms with E-state index in [9.17, 15) is 13.2 Å². The molecule has 0 bridgehead atoms. The van der Waals surface area contributed by atoms with Crippen molar-refractivity contribution in [2.75, 3.05) is 31.6 Å². The minimum absolute atomic E-state index is 0.0107. The number of carbonyl (C=O) groups is 1. The minimum atomic E-state index is -3.75. The molecule has 0 aliphatic carbocycles. The van der Waals surface area contributed by atoms with E-state index in [4.69, 9.17) is 27.9 Å². The normalized spacial score (nSPS) is 14.9. The molecule has 1 saturated heterocycles. The molecular formula is C21H19Cl2N3O4S2. The second-order valence-corrected chi connectivity index (χ2v) is 10.9. The van der Waals surface area contributed by atoms with E-state index in [0.717, 1.165) is 10.4 Å². The zero-order chi connectivity index (χ0) is 22.7. The molecule has 0 atom stereocenters. The summed E-state index contributed by atoms with van der Waals surface area (Å²) in [6.45, 7) is 1.20. The van der Waals surface area contributed by atoms with Crippen LogP contribution in [0.1, 0.15) is 20.8 Å². The van der Waals surface area contributed by atoms with Gasteiger partial charge in [-0.2, -0.15) is 4.31 Å². The standard InChI is InChI=1S/C21H19Cl2N3O4S2/c22-15-3-1-14(2-4-15)11-16-13-24-21(31-16)25-20(27)18-12-17(5-6-19(18)23)32(28,29)26-7-9-30-10-8-26/h1-6,12-13H,7-11H2,(H,24,25,27). The van der Waals surface area contributed by atoms with Crippen molar-refractivity contribution in [2.24, 2.45) is 0 Å². The molecule has 0 unspecified atom stereocenters. The van der Waals surface area contributed by atoms with Crippen LogP contribution in [-0.4, -0.2) is 49.9 Å². The van der Waals surface area contributed by atoms with E-state index >= 15 is 0 Å². The number of hydrogen-bond acceptors (Lipinski definition) is 6. The molecule has 1 aliphatic heterocycles. The molecular weight excluding hydrogens is 493 g/mol. The second kappa shape index (κ2) is 9.86. The number of sulfonamides is 1. The third-order valence-corrected chi connectivity index (χ3v) is 8.24. The Morgan fingerprint density at radius 3 is 2.56 bits per heavy atom. The highest BCUT2D eigenvalue weighted by atomic mass is 35.5. The maximum atomic E-state index is 12.9. The van der Waals surface area contributed by atoms with Crippen LogP contribution in [0.3, 0.4) is 0 Å². The Morgan fingerprint density at radius 2 is 1.84 bits per heavy atom. The molecule has 32 heavy (non-hydrogen) atoms. The van der Waals surface area contributed by atoms with Crippen molar-refractivity contribution in [1.29, 1.82) is 0 Å². The Bertz CT molecular complexity index is 1220. The highest BCUT2D eigenvalue weighted by molar-refractivity contribution is 7.89. The number of nitrogens with zero attached hydrogens (tertiary/aromatic N) is 2. The lowest BCUT2D eigenvalue weighted by Crippen LogP contribution is -2.40. The van der Waals surface area contributed by atoms with Crippen molar-refractivity contribution in [2.45, 2.75) is 11.3 Å². The molecule has 1 aliphatic rings. The first-order chi connectivity index (χ1) is 15.3. The number of benzene rings is 2. The van der Waals surface area contributed by atoms with E-state index in [1.807, 2.05) is 24.3 Å². The van der Waals surface area contributed by atoms with E-state index in [0.29, 0.717) is 29.8 Å². The maximum Gasteiger partial charge on any atom is 0.259 e. The first-order valence-electron chi connectivity index (χ1n) is 9.71. The predicted molar refractivity (Wildman–Crippen MR) is 125 cm³/mol. The first-order valence-corrected chi connectivity index (χ1v) is 12.7. The number of ether oxygens (including phenoxy) is 1. The van der Waals surface area contributed by atoms with Gasteiger partial charge in [-0.1, -0.05) is 35.3 Å². The summed E-state index contributed by atoms with van der Waals surface area (Å²) in [5, 5.41) is 3.93. The number of amides is 1. The smallest absolute Gasteiger partial charge is 0.259 e. The SMILES string of the molecule is O=C(Nc1ncc(Cc2ccc(Cl)cc2)s1)c1cc(S(=O)(=O)N2CCOCC2)ccc1Cl. The number of anilines is 1. The Kier molecular flexibility index (Phi) is 7.14. The van der Waals surface area contributed by atoms with Gasteiger partial charge in [-0.05, 0) is 35.9 Å². The first kappa shape index (κ1) is 23.2. The van der Waals surface area contributed by atoms with Gasteiger partial charge in [0, 0.05) is 35.6 Å². The quantitative estimate of drug-likeness (QED) is 0.532. The van der Waals surface area contributed by atoms with Crippen LogP contribution in [0.25, 0.3) is 0 Å². The molecule has 3 aromatic rings. The van der Waals surface area contributed by atoms with E-state index in [-0.39, 0.29) is 28.6 Å². The summed E-state index contributed by atoms with van der Waals surface area (Å²) in [7, 11) is -3.75. The number of aromatic nitrogens is 1. The molecule has 4 rings (SSSR count). The van der Waals surface area contributed by atoms with Gasteiger partial charge in [-0.25, -0.2) is 13.4 Å². The highest BCUT2D eigenvalue weighted by Crippen LogP contribution is 2.26. The van der Waals surface area contributed by atoms with Gasteiger partial charge in [-0.15, -0.1) is 11.3 Å². The number of carbonyl (C=O) groups excluding carboxylic acids is 1. The maximum absolute atomic E-state index is 12.9. The molecule has 11 heteroatoms. The molecule has 0 spiro atoms. The summed E-state index contributed by atoms with van der Waals surface area (Å²) in [6, 6.07) is 11.6. The Balaban J connectivity index is 1.49. The summed E-state index contributed by atoms with van der Waals surface area (Å²) < 4.78 is 32.4. The molecule has 2 heterocycles. The Hall–Kier alpha value is -2.01. The van der Waals surface area contributed by atoms with Crippen LogP contribution in [0.5, 0.6) is 0 Å². The number of hydrogen-bond donors (Lipinski definition) is 1. The van der Waals surface area contributed by atoms with Crippen LogP contribution in [-0.2, 0) is 21.2 Å². The van der Waals surface area contributed by atoms with Crippen LogP contribution < -0.4 is 5.32 Å². The summed E-state index contributed by atoms with van der Waals surface area (Å²) >= 11 is 13.5. The van der Waals surface area contributed by atoms with Gasteiger partial charge in [0.1, 0.15) is 0 Å². The lowest BCUT2D eigenvalue weighted by Gasteiger charge is -2.26. The zero-order valence-corrected chi connectivity index (χ0v) is 19.9. The monoisotopic (exact) mass is 511 g/mol. The number of nitrogens with one attached hydrogen (secondary N) is 1. The summed E-state index contributed by atoms with van der Waals surface area (Å²) in [4.78, 5) is 18.0. The summed E-state index contributed by atoms with van der Waals surface area (Å²) in [5.41, 5.74) is 1.13. The zero-order valence-electron chi connectivity index (χ0n) is 16.8. The van der Waals surface area contributed by atoms with Gasteiger partial charge < -0.3 is 4.74 Å². The summed E-state index contributed by atoms with van der Waals surface area (Å²) in [5.74, 6) is -0.526. The fraction of sp³-hybridized carbons (Fsp3) is 0.238. The van der Waals surface area contributed by atoms with Crippen LogP contribution in [0, 0.1) is 0 Å².